The Morgan fingerprint density at radius 3 is 2.79 bits per heavy atom. The molecule has 9 heteroatoms. The first-order valence-corrected chi connectivity index (χ1v) is 10.6. The Balaban J connectivity index is 1.48. The van der Waals surface area contributed by atoms with Gasteiger partial charge in [-0.05, 0) is 42.5 Å². The molecule has 0 saturated heterocycles. The predicted octanol–water partition coefficient (Wildman–Crippen LogP) is 3.70. The summed E-state index contributed by atoms with van der Waals surface area (Å²) in [5, 5.41) is 26.6. The van der Waals surface area contributed by atoms with Crippen LogP contribution < -0.4 is 4.90 Å². The minimum absolute atomic E-state index is 0.0441. The molecule has 8 nitrogen and oxygen atoms in total. The van der Waals surface area contributed by atoms with E-state index in [2.05, 4.69) is 10.1 Å². The number of hydrogen-bond donors (Lipinski definition) is 2. The summed E-state index contributed by atoms with van der Waals surface area (Å²) in [6.07, 6.45) is -1.28. The molecule has 0 fully saturated rings. The maximum Gasteiger partial charge on any atom is 0.248 e. The molecule has 1 aromatic heterocycles. The van der Waals surface area contributed by atoms with Crippen LogP contribution in [0.25, 0.3) is 11.1 Å². The van der Waals surface area contributed by atoms with Crippen LogP contribution in [0.15, 0.2) is 70.2 Å². The van der Waals surface area contributed by atoms with Crippen molar-refractivity contribution < 1.29 is 23.8 Å². The monoisotopic (exact) mass is 460 g/mol. The van der Waals surface area contributed by atoms with Gasteiger partial charge in [-0.15, -0.1) is 0 Å². The number of carbonyl (C=O) groups is 1. The van der Waals surface area contributed by atoms with Crippen molar-refractivity contribution in [2.75, 3.05) is 18.5 Å². The molecular formula is C25H21FN4O4. The van der Waals surface area contributed by atoms with Crippen molar-refractivity contribution in [3.8, 4) is 5.75 Å². The highest BCUT2D eigenvalue weighted by atomic mass is 19.1. The number of amides is 1. The standard InChI is InChI=1S/C25H21FN4O4/c1-14-27-21-9-6-17(11-22(21)34-14)29(2)23(32)13-30-25(33)20-12-18(31)7-8-19(20)24(28-30)15-4-3-5-16(26)10-15/h3-12,25,31,33H,13H2,1-2H3. The van der Waals surface area contributed by atoms with E-state index in [1.807, 2.05) is 0 Å². The summed E-state index contributed by atoms with van der Waals surface area (Å²) in [7, 11) is 1.61. The number of nitrogens with zero attached hydrogens (tertiary/aromatic N) is 4. The molecule has 2 N–H and O–H groups in total. The second kappa shape index (κ2) is 8.27. The predicted molar refractivity (Wildman–Crippen MR) is 124 cm³/mol. The van der Waals surface area contributed by atoms with Crippen molar-refractivity contribution in [2.45, 2.75) is 13.2 Å². The van der Waals surface area contributed by atoms with E-state index in [0.29, 0.717) is 45.1 Å². The molecule has 0 spiro atoms. The summed E-state index contributed by atoms with van der Waals surface area (Å²) in [5.41, 5.74) is 3.61. The van der Waals surface area contributed by atoms with Crippen LogP contribution in [-0.4, -0.2) is 45.4 Å². The van der Waals surface area contributed by atoms with E-state index in [1.54, 1.807) is 50.4 Å². The highest BCUT2D eigenvalue weighted by Gasteiger charge is 2.30. The number of hydrazone groups is 1. The van der Waals surface area contributed by atoms with Crippen LogP contribution >= 0.6 is 0 Å². The Labute approximate surface area is 194 Å². The Kier molecular flexibility index (Phi) is 5.25. The Morgan fingerprint density at radius 1 is 1.18 bits per heavy atom. The van der Waals surface area contributed by atoms with E-state index in [-0.39, 0.29) is 18.2 Å². The fraction of sp³-hybridized carbons (Fsp3) is 0.160. The molecule has 4 aromatic rings. The average molecular weight is 460 g/mol. The molecule has 1 aliphatic heterocycles. The van der Waals surface area contributed by atoms with Gasteiger partial charge in [0.1, 0.15) is 23.6 Å². The molecule has 2 heterocycles. The number of likely N-dealkylation sites (N-methyl/N-ethyl adjacent to an activating group) is 1. The summed E-state index contributed by atoms with van der Waals surface area (Å²) in [6, 6.07) is 15.6. The second-order valence-corrected chi connectivity index (χ2v) is 8.04. The van der Waals surface area contributed by atoms with Crippen molar-refractivity contribution in [1.82, 2.24) is 9.99 Å². The average Bonchev–Trinajstić information content (AvgIpc) is 3.19. The van der Waals surface area contributed by atoms with Crippen molar-refractivity contribution in [2.24, 2.45) is 5.10 Å². The van der Waals surface area contributed by atoms with Gasteiger partial charge in [0, 0.05) is 42.4 Å². The minimum Gasteiger partial charge on any atom is -0.508 e. The number of aryl methyl sites for hydroxylation is 1. The summed E-state index contributed by atoms with van der Waals surface area (Å²) >= 11 is 0. The summed E-state index contributed by atoms with van der Waals surface area (Å²) in [5.74, 6) is -0.302. The number of aliphatic hydroxyl groups is 1. The summed E-state index contributed by atoms with van der Waals surface area (Å²) < 4.78 is 19.5. The smallest absolute Gasteiger partial charge is 0.248 e. The van der Waals surface area contributed by atoms with E-state index in [1.165, 1.54) is 34.2 Å². The van der Waals surface area contributed by atoms with Crippen molar-refractivity contribution in [1.29, 1.82) is 0 Å². The number of aromatic nitrogens is 1. The quantitative estimate of drug-likeness (QED) is 0.482. The van der Waals surface area contributed by atoms with Crippen molar-refractivity contribution in [3.63, 3.8) is 0 Å². The molecule has 5 rings (SSSR count). The molecule has 0 radical (unpaired) electrons. The normalized spacial score (nSPS) is 15.2. The van der Waals surface area contributed by atoms with E-state index in [9.17, 15) is 19.4 Å². The van der Waals surface area contributed by atoms with Crippen LogP contribution in [0, 0.1) is 12.7 Å². The number of oxazole rings is 1. The van der Waals surface area contributed by atoms with Gasteiger partial charge in [0.25, 0.3) is 0 Å². The maximum absolute atomic E-state index is 13.9. The van der Waals surface area contributed by atoms with Crippen LogP contribution in [0.1, 0.15) is 28.8 Å². The first kappa shape index (κ1) is 21.6. The van der Waals surface area contributed by atoms with Gasteiger partial charge in [0.05, 0.1) is 5.71 Å². The van der Waals surface area contributed by atoms with Crippen LogP contribution in [-0.2, 0) is 4.79 Å². The third kappa shape index (κ3) is 3.86. The molecule has 1 atom stereocenters. The molecular weight excluding hydrogens is 439 g/mol. The number of phenolic OH excluding ortho intramolecular Hbond substituents is 1. The number of halogens is 1. The number of benzene rings is 3. The zero-order valence-electron chi connectivity index (χ0n) is 18.4. The Morgan fingerprint density at radius 2 is 2.00 bits per heavy atom. The van der Waals surface area contributed by atoms with Gasteiger partial charge in [-0.25, -0.2) is 9.37 Å². The first-order chi connectivity index (χ1) is 16.3. The number of anilines is 1. The molecule has 1 amide bonds. The minimum atomic E-state index is -1.28. The van der Waals surface area contributed by atoms with Gasteiger partial charge in [0.15, 0.2) is 17.7 Å². The lowest BCUT2D eigenvalue weighted by Crippen LogP contribution is -2.40. The van der Waals surface area contributed by atoms with Crippen LogP contribution in [0.2, 0.25) is 0 Å². The van der Waals surface area contributed by atoms with Crippen LogP contribution in [0.5, 0.6) is 5.75 Å². The zero-order chi connectivity index (χ0) is 24.0. The second-order valence-electron chi connectivity index (χ2n) is 8.04. The summed E-state index contributed by atoms with van der Waals surface area (Å²) in [4.78, 5) is 18.8. The zero-order valence-corrected chi connectivity index (χ0v) is 18.4. The number of aromatic hydroxyl groups is 1. The highest BCUT2D eigenvalue weighted by Crippen LogP contribution is 2.33. The van der Waals surface area contributed by atoms with E-state index >= 15 is 0 Å². The SMILES string of the molecule is Cc1nc2ccc(N(C)C(=O)CN3N=C(c4cccc(F)c4)c4ccc(O)cc4C3O)cc2o1. The largest absolute Gasteiger partial charge is 0.508 e. The molecule has 34 heavy (non-hydrogen) atoms. The van der Waals surface area contributed by atoms with Gasteiger partial charge in [-0.1, -0.05) is 12.1 Å². The molecule has 1 aliphatic rings. The van der Waals surface area contributed by atoms with Crippen molar-refractivity contribution in [3.05, 3.63) is 89.1 Å². The van der Waals surface area contributed by atoms with Gasteiger partial charge in [0.2, 0.25) is 5.91 Å². The fourth-order valence-corrected chi connectivity index (χ4v) is 3.97. The number of rotatable bonds is 4. The number of fused-ring (bicyclic) bond motifs is 2. The first-order valence-electron chi connectivity index (χ1n) is 10.6. The third-order valence-corrected chi connectivity index (χ3v) is 5.71. The molecule has 3 aromatic carbocycles. The van der Waals surface area contributed by atoms with E-state index in [4.69, 9.17) is 4.42 Å². The van der Waals surface area contributed by atoms with E-state index in [0.717, 1.165) is 0 Å². The molecule has 0 aliphatic carbocycles. The third-order valence-electron chi connectivity index (χ3n) is 5.71. The fourth-order valence-electron chi connectivity index (χ4n) is 3.97. The van der Waals surface area contributed by atoms with Crippen molar-refractivity contribution >= 4 is 28.4 Å². The number of hydrogen-bond acceptors (Lipinski definition) is 7. The number of carbonyl (C=O) groups excluding carboxylic acids is 1. The molecule has 0 saturated carbocycles. The van der Waals surface area contributed by atoms with Crippen LogP contribution in [0.4, 0.5) is 10.1 Å². The Hall–Kier alpha value is -4.24. The van der Waals surface area contributed by atoms with Gasteiger partial charge < -0.3 is 19.5 Å². The van der Waals surface area contributed by atoms with Gasteiger partial charge in [-0.3, -0.25) is 9.80 Å². The lowest BCUT2D eigenvalue weighted by atomic mass is 9.94. The topological polar surface area (TPSA) is 102 Å². The number of aliphatic hydroxyl groups excluding tert-OH is 1. The summed E-state index contributed by atoms with van der Waals surface area (Å²) in [6.45, 7) is 1.48. The molecule has 0 bridgehead atoms. The Bertz CT molecular complexity index is 1450. The van der Waals surface area contributed by atoms with Crippen LogP contribution in [0.3, 0.4) is 0 Å². The lowest BCUT2D eigenvalue weighted by molar-refractivity contribution is -0.122. The maximum atomic E-state index is 13.9. The van der Waals surface area contributed by atoms with Gasteiger partial charge in [-0.2, -0.15) is 5.10 Å². The molecule has 172 valence electrons. The number of phenols is 1. The van der Waals surface area contributed by atoms with Gasteiger partial charge >= 0.3 is 0 Å². The van der Waals surface area contributed by atoms with E-state index < -0.39 is 12.0 Å². The molecule has 1 unspecified atom stereocenters. The highest BCUT2D eigenvalue weighted by molar-refractivity contribution is 6.14. The lowest BCUT2D eigenvalue weighted by Gasteiger charge is -2.33.